The highest BCUT2D eigenvalue weighted by Crippen LogP contribution is 2.31. The van der Waals surface area contributed by atoms with Crippen LogP contribution in [0.15, 0.2) is 29.3 Å². The van der Waals surface area contributed by atoms with Crippen molar-refractivity contribution in [1.29, 1.82) is 0 Å². The van der Waals surface area contributed by atoms with E-state index in [4.69, 9.17) is 0 Å². The molecular weight excluding hydrogens is 204 g/mol. The van der Waals surface area contributed by atoms with Crippen LogP contribution < -0.4 is 5.32 Å². The Morgan fingerprint density at radius 2 is 2.00 bits per heavy atom. The number of ketones is 1. The number of aromatic hydroxyl groups is 1. The molecule has 0 aliphatic heterocycles. The maximum absolute atomic E-state index is 11.8. The fraction of sp³-hybridized carbons (Fsp3) is 0.167. The van der Waals surface area contributed by atoms with Crippen LogP contribution in [0.4, 0.5) is 5.69 Å². The third-order valence-corrected chi connectivity index (χ3v) is 2.59. The van der Waals surface area contributed by atoms with E-state index in [1.165, 1.54) is 6.08 Å². The molecule has 0 radical (unpaired) electrons. The number of fused-ring (bicyclic) bond motifs is 1. The van der Waals surface area contributed by atoms with Gasteiger partial charge in [0.05, 0.1) is 16.8 Å². The smallest absolute Gasteiger partial charge is 0.188 e. The van der Waals surface area contributed by atoms with Crippen molar-refractivity contribution >= 4 is 17.2 Å². The number of anilines is 1. The van der Waals surface area contributed by atoms with E-state index in [-0.39, 0.29) is 11.5 Å². The third-order valence-electron chi connectivity index (χ3n) is 2.59. The van der Waals surface area contributed by atoms with Crippen LogP contribution >= 0.6 is 0 Å². The second kappa shape index (κ2) is 3.81. The van der Waals surface area contributed by atoms with Gasteiger partial charge in [0.2, 0.25) is 0 Å². The van der Waals surface area contributed by atoms with Gasteiger partial charge in [-0.25, -0.2) is 0 Å². The predicted octanol–water partition coefficient (Wildman–Crippen LogP) is 1.61. The molecule has 0 saturated heterocycles. The molecule has 1 aliphatic carbocycles. The van der Waals surface area contributed by atoms with Crippen LogP contribution in [0, 0.1) is 0 Å². The number of nitrogens with one attached hydrogen (secondary N) is 1. The summed E-state index contributed by atoms with van der Waals surface area (Å²) < 4.78 is 0. The van der Waals surface area contributed by atoms with Crippen LogP contribution in [0.2, 0.25) is 0 Å². The van der Waals surface area contributed by atoms with E-state index in [1.807, 2.05) is 0 Å². The summed E-state index contributed by atoms with van der Waals surface area (Å²) in [7, 11) is 3.37. The van der Waals surface area contributed by atoms with Crippen LogP contribution in [0.5, 0.6) is 5.75 Å². The summed E-state index contributed by atoms with van der Waals surface area (Å²) in [5.41, 5.74) is 2.29. The van der Waals surface area contributed by atoms with E-state index in [9.17, 15) is 9.90 Å². The number of benzene rings is 1. The molecule has 0 atom stereocenters. The van der Waals surface area contributed by atoms with Gasteiger partial charge in [-0.3, -0.25) is 9.79 Å². The van der Waals surface area contributed by atoms with Gasteiger partial charge in [-0.1, -0.05) is 0 Å². The molecule has 0 unspecified atom stereocenters. The first-order chi connectivity index (χ1) is 7.69. The van der Waals surface area contributed by atoms with Gasteiger partial charge in [-0.05, 0) is 24.3 Å². The van der Waals surface area contributed by atoms with Crippen molar-refractivity contribution in [3.05, 3.63) is 35.4 Å². The molecule has 0 amide bonds. The molecule has 1 aliphatic rings. The Balaban J connectivity index is 2.79. The van der Waals surface area contributed by atoms with Crippen LogP contribution in [-0.4, -0.2) is 30.7 Å². The summed E-state index contributed by atoms with van der Waals surface area (Å²) in [5, 5.41) is 12.7. The van der Waals surface area contributed by atoms with Gasteiger partial charge in [0.15, 0.2) is 5.78 Å². The van der Waals surface area contributed by atoms with E-state index >= 15 is 0 Å². The van der Waals surface area contributed by atoms with Crippen molar-refractivity contribution in [1.82, 2.24) is 0 Å². The summed E-state index contributed by atoms with van der Waals surface area (Å²) in [6, 6.07) is 3.24. The minimum atomic E-state index is -0.123. The van der Waals surface area contributed by atoms with Gasteiger partial charge in [-0.15, -0.1) is 0 Å². The standard InChI is InChI=1S/C12H12N2O2/c1-13-7-3-5-10(16)12-8(14-2)4-6-9(15)11(7)12/h3-6,13,16H,1-2H3. The molecule has 0 fully saturated rings. The number of aliphatic imine (C=N–C) groups is 1. The predicted molar refractivity (Wildman–Crippen MR) is 63.6 cm³/mol. The number of carbonyl (C=O) groups excluding carboxylic acids is 1. The SMILES string of the molecule is CN=C1C=CC(=O)c2c(NC)ccc(O)c21. The number of rotatable bonds is 1. The largest absolute Gasteiger partial charge is 0.507 e. The number of carbonyl (C=O) groups is 1. The second-order valence-electron chi connectivity index (χ2n) is 3.44. The zero-order valence-electron chi connectivity index (χ0n) is 9.11. The Morgan fingerprint density at radius 1 is 1.25 bits per heavy atom. The molecule has 1 aromatic rings. The zero-order valence-corrected chi connectivity index (χ0v) is 9.11. The molecular formula is C12H12N2O2. The van der Waals surface area contributed by atoms with Crippen molar-refractivity contribution in [2.75, 3.05) is 19.4 Å². The van der Waals surface area contributed by atoms with E-state index in [1.54, 1.807) is 32.3 Å². The van der Waals surface area contributed by atoms with E-state index in [0.29, 0.717) is 22.5 Å². The molecule has 16 heavy (non-hydrogen) atoms. The summed E-state index contributed by atoms with van der Waals surface area (Å²) in [6.07, 6.45) is 3.08. The average molecular weight is 216 g/mol. The number of nitrogens with zero attached hydrogens (tertiary/aromatic N) is 1. The fourth-order valence-electron chi connectivity index (χ4n) is 1.82. The molecule has 2 rings (SSSR count). The van der Waals surface area contributed by atoms with Gasteiger partial charge in [0.1, 0.15) is 5.75 Å². The summed E-state index contributed by atoms with van der Waals surface area (Å²) in [6.45, 7) is 0. The molecule has 0 heterocycles. The Labute approximate surface area is 93.3 Å². The van der Waals surface area contributed by atoms with Gasteiger partial charge in [-0.2, -0.15) is 0 Å². The van der Waals surface area contributed by atoms with Crippen LogP contribution in [-0.2, 0) is 0 Å². The van der Waals surface area contributed by atoms with Gasteiger partial charge >= 0.3 is 0 Å². The average Bonchev–Trinajstić information content (AvgIpc) is 2.31. The minimum Gasteiger partial charge on any atom is -0.507 e. The Kier molecular flexibility index (Phi) is 2.48. The lowest BCUT2D eigenvalue weighted by atomic mass is 9.91. The number of allylic oxidation sites excluding steroid dienone is 2. The molecule has 2 N–H and O–H groups in total. The van der Waals surface area contributed by atoms with E-state index < -0.39 is 0 Å². The third kappa shape index (κ3) is 1.39. The molecule has 0 saturated carbocycles. The lowest BCUT2D eigenvalue weighted by Crippen LogP contribution is -2.15. The molecule has 1 aromatic carbocycles. The van der Waals surface area contributed by atoms with Crippen LogP contribution in [0.1, 0.15) is 15.9 Å². The highest BCUT2D eigenvalue weighted by atomic mass is 16.3. The summed E-state index contributed by atoms with van der Waals surface area (Å²) in [4.78, 5) is 15.8. The van der Waals surface area contributed by atoms with E-state index in [0.717, 1.165) is 0 Å². The number of phenols is 1. The van der Waals surface area contributed by atoms with Gasteiger partial charge in [0, 0.05) is 19.8 Å². The number of hydrogen-bond acceptors (Lipinski definition) is 4. The molecule has 0 bridgehead atoms. The van der Waals surface area contributed by atoms with Crippen molar-refractivity contribution in [3.63, 3.8) is 0 Å². The molecule has 0 aromatic heterocycles. The lowest BCUT2D eigenvalue weighted by molar-refractivity contribution is 0.104. The Bertz CT molecular complexity index is 516. The Hall–Kier alpha value is -2.10. The van der Waals surface area contributed by atoms with Crippen molar-refractivity contribution < 1.29 is 9.90 Å². The van der Waals surface area contributed by atoms with Crippen molar-refractivity contribution in [3.8, 4) is 5.75 Å². The fourth-order valence-corrected chi connectivity index (χ4v) is 1.82. The monoisotopic (exact) mass is 216 g/mol. The highest BCUT2D eigenvalue weighted by Gasteiger charge is 2.23. The lowest BCUT2D eigenvalue weighted by Gasteiger charge is -2.17. The number of phenolic OH excluding ortho intramolecular Hbond substituents is 1. The minimum absolute atomic E-state index is 0.0762. The quantitative estimate of drug-likeness (QED) is 0.701. The first-order valence-electron chi connectivity index (χ1n) is 4.92. The molecule has 0 spiro atoms. The first kappa shape index (κ1) is 10.4. The van der Waals surface area contributed by atoms with Crippen molar-refractivity contribution in [2.45, 2.75) is 0 Å². The molecule has 82 valence electrons. The zero-order chi connectivity index (χ0) is 11.7. The normalized spacial score (nSPS) is 16.4. The highest BCUT2D eigenvalue weighted by molar-refractivity contribution is 6.26. The maximum Gasteiger partial charge on any atom is 0.188 e. The summed E-state index contributed by atoms with van der Waals surface area (Å²) in [5.74, 6) is -0.0463. The van der Waals surface area contributed by atoms with Gasteiger partial charge in [0.25, 0.3) is 0 Å². The topological polar surface area (TPSA) is 61.7 Å². The second-order valence-corrected chi connectivity index (χ2v) is 3.44. The maximum atomic E-state index is 11.8. The summed E-state index contributed by atoms with van der Waals surface area (Å²) >= 11 is 0. The first-order valence-corrected chi connectivity index (χ1v) is 4.92. The van der Waals surface area contributed by atoms with Gasteiger partial charge < -0.3 is 10.4 Å². The Morgan fingerprint density at radius 3 is 2.62 bits per heavy atom. The number of hydrogen-bond donors (Lipinski definition) is 2. The van der Waals surface area contributed by atoms with Crippen LogP contribution in [0.25, 0.3) is 0 Å². The molecule has 4 heteroatoms. The van der Waals surface area contributed by atoms with E-state index in [2.05, 4.69) is 10.3 Å². The molecule has 4 nitrogen and oxygen atoms in total. The van der Waals surface area contributed by atoms with Crippen molar-refractivity contribution in [2.24, 2.45) is 4.99 Å². The van der Waals surface area contributed by atoms with Crippen LogP contribution in [0.3, 0.4) is 0 Å².